The molecule has 1 heteroatoms. The average molecular weight is 208 g/mol. The minimum atomic E-state index is 0.218. The molecule has 15 heavy (non-hydrogen) atoms. The molecule has 0 aliphatic heterocycles. The van der Waals surface area contributed by atoms with Crippen LogP contribution in [-0.2, 0) is 0 Å². The van der Waals surface area contributed by atoms with Crippen molar-refractivity contribution >= 4 is 0 Å². The minimum Gasteiger partial charge on any atom is -0.392 e. The fourth-order valence-electron chi connectivity index (χ4n) is 2.22. The maximum atomic E-state index is 9.10. The van der Waals surface area contributed by atoms with Crippen LogP contribution in [0.1, 0.15) is 47.0 Å². The summed E-state index contributed by atoms with van der Waals surface area (Å²) in [6.45, 7) is 9.21. The van der Waals surface area contributed by atoms with Crippen molar-refractivity contribution in [3.8, 4) is 0 Å². The summed E-state index contributed by atoms with van der Waals surface area (Å²) in [7, 11) is 0. The zero-order chi connectivity index (χ0) is 11.5. The molecule has 86 valence electrons. The first-order chi connectivity index (χ1) is 7.02. The third-order valence-corrected chi connectivity index (χ3v) is 4.09. The Morgan fingerprint density at radius 2 is 2.27 bits per heavy atom. The van der Waals surface area contributed by atoms with Crippen LogP contribution in [0.4, 0.5) is 0 Å². The van der Waals surface area contributed by atoms with E-state index in [0.717, 1.165) is 12.8 Å². The van der Waals surface area contributed by atoms with Crippen LogP contribution in [0, 0.1) is 11.3 Å². The van der Waals surface area contributed by atoms with E-state index < -0.39 is 0 Å². The number of hydrogen-bond donors (Lipinski definition) is 1. The van der Waals surface area contributed by atoms with E-state index in [9.17, 15) is 0 Å². The van der Waals surface area contributed by atoms with Gasteiger partial charge in [-0.25, -0.2) is 0 Å². The SMILES string of the molecule is CCC(=CC[C@H]1CC=C(C)C1(C)C)CO. The largest absolute Gasteiger partial charge is 0.392 e. The van der Waals surface area contributed by atoms with Crippen LogP contribution in [0.15, 0.2) is 23.3 Å². The molecule has 0 bridgehead atoms. The van der Waals surface area contributed by atoms with Gasteiger partial charge in [0.1, 0.15) is 0 Å². The number of rotatable bonds is 4. The number of aliphatic hydroxyl groups excluding tert-OH is 1. The van der Waals surface area contributed by atoms with E-state index in [0.29, 0.717) is 11.3 Å². The fraction of sp³-hybridized carbons (Fsp3) is 0.714. The second kappa shape index (κ2) is 4.98. The predicted octanol–water partition coefficient (Wildman–Crippen LogP) is 3.70. The highest BCUT2D eigenvalue weighted by Crippen LogP contribution is 2.44. The van der Waals surface area contributed by atoms with Gasteiger partial charge in [-0.15, -0.1) is 0 Å². The Labute approximate surface area is 93.9 Å². The van der Waals surface area contributed by atoms with Crippen molar-refractivity contribution in [2.75, 3.05) is 6.61 Å². The first-order valence-corrected chi connectivity index (χ1v) is 5.98. The minimum absolute atomic E-state index is 0.218. The molecule has 0 amide bonds. The Balaban J connectivity index is 2.59. The third kappa shape index (κ3) is 2.72. The summed E-state index contributed by atoms with van der Waals surface area (Å²) in [5.41, 5.74) is 3.03. The van der Waals surface area contributed by atoms with Gasteiger partial charge in [-0.05, 0) is 43.1 Å². The maximum absolute atomic E-state index is 9.10. The van der Waals surface area contributed by atoms with Gasteiger partial charge in [0.05, 0.1) is 6.61 Å². The molecule has 0 fully saturated rings. The molecule has 0 saturated carbocycles. The summed E-state index contributed by atoms with van der Waals surface area (Å²) >= 11 is 0. The highest BCUT2D eigenvalue weighted by molar-refractivity contribution is 5.19. The van der Waals surface area contributed by atoms with Gasteiger partial charge in [0.15, 0.2) is 0 Å². The van der Waals surface area contributed by atoms with Gasteiger partial charge in [0, 0.05) is 0 Å². The Bertz CT molecular complexity index is 265. The average Bonchev–Trinajstić information content (AvgIpc) is 2.45. The summed E-state index contributed by atoms with van der Waals surface area (Å²) < 4.78 is 0. The van der Waals surface area contributed by atoms with Crippen LogP contribution >= 0.6 is 0 Å². The van der Waals surface area contributed by atoms with Crippen LogP contribution in [0.2, 0.25) is 0 Å². The molecule has 0 saturated heterocycles. The van der Waals surface area contributed by atoms with E-state index in [2.05, 4.69) is 39.8 Å². The van der Waals surface area contributed by atoms with Crippen molar-refractivity contribution in [3.63, 3.8) is 0 Å². The Hall–Kier alpha value is -0.560. The molecule has 0 aromatic rings. The normalized spacial score (nSPS) is 25.5. The van der Waals surface area contributed by atoms with Gasteiger partial charge in [0.25, 0.3) is 0 Å². The van der Waals surface area contributed by atoms with E-state index in [1.165, 1.54) is 17.6 Å². The lowest BCUT2D eigenvalue weighted by molar-refractivity contribution is 0.291. The number of aliphatic hydroxyl groups is 1. The fourth-order valence-corrected chi connectivity index (χ4v) is 2.22. The van der Waals surface area contributed by atoms with Gasteiger partial charge in [-0.3, -0.25) is 0 Å². The second-order valence-electron chi connectivity index (χ2n) is 5.15. The van der Waals surface area contributed by atoms with Crippen molar-refractivity contribution < 1.29 is 5.11 Å². The molecule has 1 aliphatic carbocycles. The van der Waals surface area contributed by atoms with E-state index in [1.807, 2.05) is 0 Å². The van der Waals surface area contributed by atoms with Gasteiger partial charge in [0.2, 0.25) is 0 Å². The van der Waals surface area contributed by atoms with Crippen LogP contribution in [0.3, 0.4) is 0 Å². The molecule has 1 rings (SSSR count). The van der Waals surface area contributed by atoms with Crippen LogP contribution in [0.5, 0.6) is 0 Å². The van der Waals surface area contributed by atoms with Crippen LogP contribution in [-0.4, -0.2) is 11.7 Å². The van der Waals surface area contributed by atoms with E-state index in [-0.39, 0.29) is 6.61 Å². The molecule has 0 aromatic heterocycles. The van der Waals surface area contributed by atoms with Gasteiger partial charge < -0.3 is 5.11 Å². The summed E-state index contributed by atoms with van der Waals surface area (Å²) in [4.78, 5) is 0. The van der Waals surface area contributed by atoms with Crippen LogP contribution < -0.4 is 0 Å². The van der Waals surface area contributed by atoms with Crippen molar-refractivity contribution in [1.82, 2.24) is 0 Å². The molecule has 1 atom stereocenters. The lowest BCUT2D eigenvalue weighted by Crippen LogP contribution is -2.19. The molecular weight excluding hydrogens is 184 g/mol. The molecule has 0 heterocycles. The molecule has 1 N–H and O–H groups in total. The molecule has 0 aromatic carbocycles. The highest BCUT2D eigenvalue weighted by atomic mass is 16.3. The van der Waals surface area contributed by atoms with E-state index in [4.69, 9.17) is 5.11 Å². The molecule has 0 unspecified atom stereocenters. The first-order valence-electron chi connectivity index (χ1n) is 5.98. The van der Waals surface area contributed by atoms with E-state index >= 15 is 0 Å². The lowest BCUT2D eigenvalue weighted by atomic mass is 9.76. The predicted molar refractivity (Wildman–Crippen MR) is 65.7 cm³/mol. The topological polar surface area (TPSA) is 20.2 Å². The Kier molecular flexibility index (Phi) is 4.15. The maximum Gasteiger partial charge on any atom is 0.0641 e. The third-order valence-electron chi connectivity index (χ3n) is 4.09. The Morgan fingerprint density at radius 1 is 1.60 bits per heavy atom. The highest BCUT2D eigenvalue weighted by Gasteiger charge is 2.33. The molecule has 0 spiro atoms. The number of allylic oxidation sites excluding steroid dienone is 3. The molecule has 1 nitrogen and oxygen atoms in total. The first kappa shape index (κ1) is 12.5. The van der Waals surface area contributed by atoms with Crippen molar-refractivity contribution in [3.05, 3.63) is 23.3 Å². The summed E-state index contributed by atoms with van der Waals surface area (Å²) in [5, 5.41) is 9.10. The van der Waals surface area contributed by atoms with Crippen molar-refractivity contribution in [2.24, 2.45) is 11.3 Å². The van der Waals surface area contributed by atoms with E-state index in [1.54, 1.807) is 0 Å². The molecule has 0 radical (unpaired) electrons. The zero-order valence-electron chi connectivity index (χ0n) is 10.5. The standard InChI is InChI=1S/C14H24O/c1-5-12(10-15)7-9-13-8-6-11(2)14(13,3)4/h6-7,13,15H,5,8-10H2,1-4H3/t13-/m1/s1. The summed E-state index contributed by atoms with van der Waals surface area (Å²) in [6, 6.07) is 0. The van der Waals surface area contributed by atoms with Gasteiger partial charge in [-0.1, -0.05) is 38.5 Å². The second-order valence-corrected chi connectivity index (χ2v) is 5.15. The quantitative estimate of drug-likeness (QED) is 0.698. The zero-order valence-corrected chi connectivity index (χ0v) is 10.5. The summed E-state index contributed by atoms with van der Waals surface area (Å²) in [6.07, 6.45) is 7.86. The van der Waals surface area contributed by atoms with Crippen LogP contribution in [0.25, 0.3) is 0 Å². The Morgan fingerprint density at radius 3 is 2.67 bits per heavy atom. The monoisotopic (exact) mass is 208 g/mol. The summed E-state index contributed by atoms with van der Waals surface area (Å²) in [5.74, 6) is 0.714. The van der Waals surface area contributed by atoms with Crippen molar-refractivity contribution in [1.29, 1.82) is 0 Å². The smallest absolute Gasteiger partial charge is 0.0641 e. The molecule has 1 aliphatic rings. The van der Waals surface area contributed by atoms with Gasteiger partial charge in [-0.2, -0.15) is 0 Å². The number of hydrogen-bond acceptors (Lipinski definition) is 1. The van der Waals surface area contributed by atoms with Crippen molar-refractivity contribution in [2.45, 2.75) is 47.0 Å². The lowest BCUT2D eigenvalue weighted by Gasteiger charge is -2.29. The van der Waals surface area contributed by atoms with Gasteiger partial charge >= 0.3 is 0 Å². The molecular formula is C14H24O.